The Hall–Kier alpha value is -2.35. The molecule has 0 bridgehead atoms. The molecule has 108 valence electrons. The van der Waals surface area contributed by atoms with E-state index in [2.05, 4.69) is 15.1 Å². The van der Waals surface area contributed by atoms with Crippen LogP contribution in [0.15, 0.2) is 34.1 Å². The number of pyridine rings is 1. The lowest BCUT2D eigenvalue weighted by Crippen LogP contribution is -2.04. The van der Waals surface area contributed by atoms with Gasteiger partial charge in [0.25, 0.3) is 0 Å². The number of carboxylic acid groups (broad SMARTS) is 1. The van der Waals surface area contributed by atoms with Gasteiger partial charge in [-0.05, 0) is 19.1 Å². The van der Waals surface area contributed by atoms with Gasteiger partial charge < -0.3 is 9.63 Å². The van der Waals surface area contributed by atoms with E-state index in [0.717, 1.165) is 23.0 Å². The van der Waals surface area contributed by atoms with Crippen LogP contribution in [0.4, 0.5) is 0 Å². The Balaban J connectivity index is 2.00. The maximum atomic E-state index is 10.8. The van der Waals surface area contributed by atoms with Crippen molar-refractivity contribution in [2.45, 2.75) is 18.6 Å². The van der Waals surface area contributed by atoms with Gasteiger partial charge in [-0.25, -0.2) is 9.97 Å². The summed E-state index contributed by atoms with van der Waals surface area (Å²) in [5.74, 6) is -0.268. The van der Waals surface area contributed by atoms with Crippen LogP contribution in [0.3, 0.4) is 0 Å². The second kappa shape index (κ2) is 5.57. The largest absolute Gasteiger partial charge is 0.481 e. The smallest absolute Gasteiger partial charge is 0.313 e. The molecule has 0 saturated heterocycles. The first-order chi connectivity index (χ1) is 10.1. The number of hydrogen-bond acceptors (Lipinski definition) is 6. The first-order valence-corrected chi connectivity index (χ1v) is 7.20. The fraction of sp³-hybridized carbons (Fsp3) is 0.231. The summed E-state index contributed by atoms with van der Waals surface area (Å²) in [4.78, 5) is 19.5. The number of nitrogens with zero attached hydrogens (tertiary/aromatic N) is 4. The monoisotopic (exact) mass is 304 g/mol. The zero-order chi connectivity index (χ0) is 14.8. The van der Waals surface area contributed by atoms with Gasteiger partial charge >= 0.3 is 5.97 Å². The molecule has 1 N–H and O–H groups in total. The summed E-state index contributed by atoms with van der Waals surface area (Å²) in [5, 5.41) is 13.3. The zero-order valence-corrected chi connectivity index (χ0v) is 12.0. The molecule has 3 rings (SSSR count). The molecule has 0 fully saturated rings. The highest BCUT2D eigenvalue weighted by Gasteiger charge is 2.15. The van der Waals surface area contributed by atoms with E-state index in [-0.39, 0.29) is 5.75 Å². The van der Waals surface area contributed by atoms with Crippen LogP contribution >= 0.6 is 11.8 Å². The minimum absolute atomic E-state index is 0.0568. The Morgan fingerprint density at radius 1 is 1.52 bits per heavy atom. The third-order valence-corrected chi connectivity index (χ3v) is 3.75. The lowest BCUT2D eigenvalue weighted by atomic mass is 10.4. The first-order valence-electron chi connectivity index (χ1n) is 6.21. The maximum absolute atomic E-state index is 10.8. The van der Waals surface area contributed by atoms with Gasteiger partial charge in [-0.2, -0.15) is 0 Å². The molecule has 0 aliphatic carbocycles. The minimum Gasteiger partial charge on any atom is -0.481 e. The number of fused-ring (bicyclic) bond motifs is 1. The van der Waals surface area contributed by atoms with Crippen LogP contribution in [0.25, 0.3) is 11.2 Å². The van der Waals surface area contributed by atoms with Gasteiger partial charge in [0.2, 0.25) is 0 Å². The highest BCUT2D eigenvalue weighted by molar-refractivity contribution is 7.99. The number of imidazole rings is 1. The molecule has 0 radical (unpaired) electrons. The van der Waals surface area contributed by atoms with E-state index in [1.54, 1.807) is 12.3 Å². The first kappa shape index (κ1) is 13.6. The van der Waals surface area contributed by atoms with Gasteiger partial charge in [-0.3, -0.25) is 9.36 Å². The summed E-state index contributed by atoms with van der Waals surface area (Å²) < 4.78 is 7.05. The van der Waals surface area contributed by atoms with Crippen LogP contribution in [0.1, 0.15) is 11.5 Å². The maximum Gasteiger partial charge on any atom is 0.313 e. The number of carbonyl (C=O) groups is 1. The molecule has 0 spiro atoms. The molecule has 7 nitrogen and oxygen atoms in total. The zero-order valence-electron chi connectivity index (χ0n) is 11.2. The van der Waals surface area contributed by atoms with Crippen molar-refractivity contribution in [1.29, 1.82) is 0 Å². The van der Waals surface area contributed by atoms with Crippen LogP contribution in [0, 0.1) is 6.92 Å². The lowest BCUT2D eigenvalue weighted by Gasteiger charge is -2.04. The Labute approximate surface area is 124 Å². The van der Waals surface area contributed by atoms with Crippen molar-refractivity contribution >= 4 is 28.9 Å². The average molecular weight is 304 g/mol. The number of thioether (sulfide) groups is 1. The van der Waals surface area contributed by atoms with Gasteiger partial charge in [-0.1, -0.05) is 16.9 Å². The SMILES string of the molecule is Cc1cc(Cn2c(SCC(=O)O)nc3cccnc32)on1. The molecule has 0 amide bonds. The third-order valence-electron chi connectivity index (χ3n) is 2.78. The lowest BCUT2D eigenvalue weighted by molar-refractivity contribution is -0.133. The molecule has 0 saturated carbocycles. The predicted molar refractivity (Wildman–Crippen MR) is 76.2 cm³/mol. The van der Waals surface area contributed by atoms with Gasteiger partial charge in [0.15, 0.2) is 16.6 Å². The van der Waals surface area contributed by atoms with Gasteiger partial charge in [-0.15, -0.1) is 0 Å². The van der Waals surface area contributed by atoms with Gasteiger partial charge in [0, 0.05) is 12.3 Å². The molecule has 8 heteroatoms. The van der Waals surface area contributed by atoms with Gasteiger partial charge in [0.05, 0.1) is 18.0 Å². The predicted octanol–water partition coefficient (Wildman–Crippen LogP) is 1.95. The number of hydrogen-bond donors (Lipinski definition) is 1. The van der Waals surface area contributed by atoms with Crippen molar-refractivity contribution in [3.63, 3.8) is 0 Å². The van der Waals surface area contributed by atoms with Crippen LogP contribution in [-0.2, 0) is 11.3 Å². The third kappa shape index (κ3) is 2.89. The Morgan fingerprint density at radius 3 is 3.10 bits per heavy atom. The summed E-state index contributed by atoms with van der Waals surface area (Å²) in [6.45, 7) is 2.26. The molecule has 0 aliphatic heterocycles. The van der Waals surface area contributed by atoms with E-state index in [4.69, 9.17) is 9.63 Å². The number of carboxylic acids is 1. The fourth-order valence-corrected chi connectivity index (χ4v) is 2.69. The van der Waals surface area contributed by atoms with E-state index >= 15 is 0 Å². The highest BCUT2D eigenvalue weighted by atomic mass is 32.2. The van der Waals surface area contributed by atoms with Crippen molar-refractivity contribution < 1.29 is 14.4 Å². The number of rotatable bonds is 5. The van der Waals surface area contributed by atoms with Crippen molar-refractivity contribution in [1.82, 2.24) is 19.7 Å². The van der Waals surface area contributed by atoms with E-state index in [0.29, 0.717) is 23.1 Å². The van der Waals surface area contributed by atoms with Crippen LogP contribution in [-0.4, -0.2) is 36.5 Å². The number of aromatic nitrogens is 4. The summed E-state index contributed by atoms with van der Waals surface area (Å²) in [5.41, 5.74) is 2.21. The highest BCUT2D eigenvalue weighted by Crippen LogP contribution is 2.24. The second-order valence-electron chi connectivity index (χ2n) is 4.44. The summed E-state index contributed by atoms with van der Waals surface area (Å²) in [7, 11) is 0. The van der Waals surface area contributed by atoms with Crippen molar-refractivity contribution in [2.24, 2.45) is 0 Å². The topological polar surface area (TPSA) is 94.0 Å². The van der Waals surface area contributed by atoms with Crippen LogP contribution < -0.4 is 0 Å². The fourth-order valence-electron chi connectivity index (χ4n) is 1.96. The molecular weight excluding hydrogens is 292 g/mol. The van der Waals surface area contributed by atoms with Crippen LogP contribution in [0.5, 0.6) is 0 Å². The molecule has 0 unspecified atom stereocenters. The normalized spacial score (nSPS) is 11.1. The van der Waals surface area contributed by atoms with Gasteiger partial charge in [0.1, 0.15) is 5.52 Å². The van der Waals surface area contributed by atoms with E-state index < -0.39 is 5.97 Å². The molecule has 3 heterocycles. The van der Waals surface area contributed by atoms with Crippen molar-refractivity contribution in [2.75, 3.05) is 5.75 Å². The molecule has 0 aromatic carbocycles. The molecule has 3 aromatic rings. The van der Waals surface area contributed by atoms with Crippen molar-refractivity contribution in [3.05, 3.63) is 35.9 Å². The molecular formula is C13H12N4O3S. The van der Waals surface area contributed by atoms with Crippen molar-refractivity contribution in [3.8, 4) is 0 Å². The van der Waals surface area contributed by atoms with Crippen LogP contribution in [0.2, 0.25) is 0 Å². The Kier molecular flexibility index (Phi) is 3.61. The molecule has 21 heavy (non-hydrogen) atoms. The number of aryl methyl sites for hydroxylation is 1. The number of aliphatic carboxylic acids is 1. The Bertz CT molecular complexity index is 796. The quantitative estimate of drug-likeness (QED) is 0.720. The standard InChI is InChI=1S/C13H12N4O3S/c1-8-5-9(20-16-8)6-17-12-10(3-2-4-14-12)15-13(17)21-7-11(18)19/h2-5H,6-7H2,1H3,(H,18,19). The summed E-state index contributed by atoms with van der Waals surface area (Å²) >= 11 is 1.16. The summed E-state index contributed by atoms with van der Waals surface area (Å²) in [6, 6.07) is 5.47. The molecule has 0 atom stereocenters. The molecule has 0 aliphatic rings. The van der Waals surface area contributed by atoms with E-state index in [1.165, 1.54) is 0 Å². The minimum atomic E-state index is -0.887. The molecule has 3 aromatic heterocycles. The average Bonchev–Trinajstić information content (AvgIpc) is 3.01. The van der Waals surface area contributed by atoms with E-state index in [1.807, 2.05) is 23.6 Å². The van der Waals surface area contributed by atoms with E-state index in [9.17, 15) is 4.79 Å². The Morgan fingerprint density at radius 2 is 2.38 bits per heavy atom. The summed E-state index contributed by atoms with van der Waals surface area (Å²) in [6.07, 6.45) is 1.68. The second-order valence-corrected chi connectivity index (χ2v) is 5.39.